The van der Waals surface area contributed by atoms with Gasteiger partial charge in [-0.3, -0.25) is 4.79 Å². The predicted octanol–water partition coefficient (Wildman–Crippen LogP) is 6.49. The van der Waals surface area contributed by atoms with E-state index in [-0.39, 0.29) is 11.9 Å². The molecule has 1 aliphatic rings. The first-order valence-corrected chi connectivity index (χ1v) is 10.8. The number of hydrogen-bond donors (Lipinski definition) is 1. The molecule has 0 unspecified atom stereocenters. The Kier molecular flexibility index (Phi) is 4.66. The number of unbranched alkanes of at least 4 members (excludes halogenated alkanes) is 1. The predicted molar refractivity (Wildman–Crippen MR) is 123 cm³/mol. The zero-order valence-corrected chi connectivity index (χ0v) is 17.5. The van der Waals surface area contributed by atoms with E-state index < -0.39 is 0 Å². The maximum atomic E-state index is 13.4. The summed E-state index contributed by atoms with van der Waals surface area (Å²) >= 11 is 0. The number of amides is 1. The van der Waals surface area contributed by atoms with Crippen molar-refractivity contribution in [3.63, 3.8) is 0 Å². The van der Waals surface area contributed by atoms with Gasteiger partial charge in [0.05, 0.1) is 11.7 Å². The Labute approximate surface area is 177 Å². The fourth-order valence-corrected chi connectivity index (χ4v) is 4.64. The second kappa shape index (κ2) is 7.49. The largest absolute Gasteiger partial charge is 0.354 e. The highest BCUT2D eigenvalue weighted by Gasteiger charge is 2.39. The van der Waals surface area contributed by atoms with Gasteiger partial charge in [-0.05, 0) is 36.6 Å². The molecule has 5 rings (SSSR count). The number of aryl methyl sites for hydroxylation is 1. The zero-order chi connectivity index (χ0) is 20.7. The van der Waals surface area contributed by atoms with E-state index in [1.165, 1.54) is 16.5 Å². The van der Waals surface area contributed by atoms with E-state index in [4.69, 9.17) is 0 Å². The number of hydrogen-bond acceptors (Lipinski definition) is 1. The Morgan fingerprint density at radius 3 is 2.47 bits per heavy atom. The number of aromatic amines is 1. The van der Waals surface area contributed by atoms with Gasteiger partial charge >= 0.3 is 0 Å². The number of carbonyl (C=O) groups is 1. The summed E-state index contributed by atoms with van der Waals surface area (Å²) in [5.41, 5.74) is 7.74. The molecule has 30 heavy (non-hydrogen) atoms. The average molecular weight is 395 g/mol. The van der Waals surface area contributed by atoms with Crippen LogP contribution in [0.4, 0.5) is 0 Å². The summed E-state index contributed by atoms with van der Waals surface area (Å²) in [4.78, 5) is 19.1. The monoisotopic (exact) mass is 394 g/mol. The first-order valence-electron chi connectivity index (χ1n) is 10.8. The van der Waals surface area contributed by atoms with E-state index in [1.807, 2.05) is 18.2 Å². The molecule has 1 aliphatic heterocycles. The molecule has 3 nitrogen and oxygen atoms in total. The summed E-state index contributed by atoms with van der Waals surface area (Å²) in [7, 11) is 0. The van der Waals surface area contributed by atoms with Crippen LogP contribution >= 0.6 is 0 Å². The molecule has 150 valence electrons. The van der Waals surface area contributed by atoms with Gasteiger partial charge < -0.3 is 9.88 Å². The number of carbonyl (C=O) groups excluding carboxylic acids is 1. The van der Waals surface area contributed by atoms with Gasteiger partial charge in [-0.2, -0.15) is 0 Å². The Balaban J connectivity index is 1.77. The van der Waals surface area contributed by atoms with Crippen LogP contribution in [-0.4, -0.2) is 22.3 Å². The van der Waals surface area contributed by atoms with Crippen LogP contribution in [0.2, 0.25) is 0 Å². The van der Waals surface area contributed by atoms with Crippen LogP contribution in [0, 0.1) is 6.92 Å². The van der Waals surface area contributed by atoms with E-state index in [0.717, 1.165) is 47.3 Å². The van der Waals surface area contributed by atoms with Crippen molar-refractivity contribution >= 4 is 16.8 Å². The maximum absolute atomic E-state index is 13.4. The lowest BCUT2D eigenvalue weighted by atomic mass is 9.93. The van der Waals surface area contributed by atoms with Gasteiger partial charge in [-0.25, -0.2) is 0 Å². The van der Waals surface area contributed by atoms with Crippen LogP contribution in [0.25, 0.3) is 22.2 Å². The third-order valence-electron chi connectivity index (χ3n) is 6.17. The van der Waals surface area contributed by atoms with Crippen LogP contribution in [0.15, 0.2) is 72.8 Å². The summed E-state index contributed by atoms with van der Waals surface area (Å²) in [6.07, 6.45) is 2.06. The molecule has 0 saturated heterocycles. The van der Waals surface area contributed by atoms with Crippen molar-refractivity contribution in [2.24, 2.45) is 0 Å². The summed E-state index contributed by atoms with van der Waals surface area (Å²) in [6, 6.07) is 25.1. The van der Waals surface area contributed by atoms with Gasteiger partial charge in [-0.1, -0.05) is 79.6 Å². The number of benzene rings is 3. The van der Waals surface area contributed by atoms with Gasteiger partial charge in [0.1, 0.15) is 0 Å². The standard InChI is InChI=1S/C27H26N2O/c1-3-4-17-29-26(20-9-5-6-10-21(20)27(29)30)24-22-11-7-8-12-23(22)28-25(24)19-15-13-18(2)14-16-19/h5-16,26,28H,3-4,17H2,1-2H3/t26-/m0/s1. The number of H-pyrrole nitrogens is 1. The molecule has 2 heterocycles. The minimum absolute atomic E-state index is 0.0762. The van der Waals surface area contributed by atoms with Gasteiger partial charge in [0, 0.05) is 28.6 Å². The third kappa shape index (κ3) is 2.93. The number of nitrogens with zero attached hydrogens (tertiary/aromatic N) is 1. The number of fused-ring (bicyclic) bond motifs is 2. The molecule has 0 spiro atoms. The lowest BCUT2D eigenvalue weighted by Gasteiger charge is -2.26. The summed E-state index contributed by atoms with van der Waals surface area (Å²) in [5, 5.41) is 1.18. The summed E-state index contributed by atoms with van der Waals surface area (Å²) in [5.74, 6) is 0.143. The molecule has 0 aliphatic carbocycles. The topological polar surface area (TPSA) is 36.1 Å². The molecule has 1 amide bonds. The van der Waals surface area contributed by atoms with Gasteiger partial charge in [0.25, 0.3) is 5.91 Å². The summed E-state index contributed by atoms with van der Waals surface area (Å²) in [6.45, 7) is 5.04. The normalized spacial score (nSPS) is 15.7. The van der Waals surface area contributed by atoms with Crippen LogP contribution in [0.1, 0.15) is 52.9 Å². The van der Waals surface area contributed by atoms with Crippen LogP contribution in [-0.2, 0) is 0 Å². The molecule has 1 aromatic heterocycles. The zero-order valence-electron chi connectivity index (χ0n) is 17.5. The average Bonchev–Trinajstić information content (AvgIpc) is 3.28. The van der Waals surface area contributed by atoms with Crippen molar-refractivity contribution in [3.8, 4) is 11.3 Å². The van der Waals surface area contributed by atoms with Crippen molar-refractivity contribution in [2.75, 3.05) is 6.54 Å². The smallest absolute Gasteiger partial charge is 0.255 e. The molecule has 3 heteroatoms. The highest BCUT2D eigenvalue weighted by molar-refractivity contribution is 6.02. The van der Waals surface area contributed by atoms with Crippen LogP contribution in [0.3, 0.4) is 0 Å². The second-order valence-electron chi connectivity index (χ2n) is 8.17. The van der Waals surface area contributed by atoms with Gasteiger partial charge in [0.15, 0.2) is 0 Å². The Bertz CT molecular complexity index is 1220. The minimum atomic E-state index is -0.0762. The quantitative estimate of drug-likeness (QED) is 0.413. The molecule has 0 radical (unpaired) electrons. The first-order chi connectivity index (χ1) is 14.7. The number of aromatic nitrogens is 1. The van der Waals surface area contributed by atoms with E-state index in [1.54, 1.807) is 0 Å². The van der Waals surface area contributed by atoms with Crippen molar-refractivity contribution in [3.05, 3.63) is 95.1 Å². The molecular weight excluding hydrogens is 368 g/mol. The van der Waals surface area contributed by atoms with Crippen LogP contribution < -0.4 is 0 Å². The highest BCUT2D eigenvalue weighted by Crippen LogP contribution is 2.45. The first kappa shape index (κ1) is 18.7. The molecule has 0 saturated carbocycles. The molecule has 3 aromatic carbocycles. The number of para-hydroxylation sites is 1. The highest BCUT2D eigenvalue weighted by atomic mass is 16.2. The van der Waals surface area contributed by atoms with E-state index >= 15 is 0 Å². The SMILES string of the molecule is CCCCN1C(=O)c2ccccc2[C@H]1c1c(-c2ccc(C)cc2)[nH]c2ccccc12. The van der Waals surface area contributed by atoms with Crippen molar-refractivity contribution in [2.45, 2.75) is 32.7 Å². The fraction of sp³-hybridized carbons (Fsp3) is 0.222. The van der Waals surface area contributed by atoms with Crippen molar-refractivity contribution in [1.29, 1.82) is 0 Å². The fourth-order valence-electron chi connectivity index (χ4n) is 4.64. The van der Waals surface area contributed by atoms with E-state index in [9.17, 15) is 4.79 Å². The van der Waals surface area contributed by atoms with Crippen molar-refractivity contribution < 1.29 is 4.79 Å². The van der Waals surface area contributed by atoms with Gasteiger partial charge in [-0.15, -0.1) is 0 Å². The van der Waals surface area contributed by atoms with Crippen LogP contribution in [0.5, 0.6) is 0 Å². The van der Waals surface area contributed by atoms with E-state index in [0.29, 0.717) is 0 Å². The molecule has 0 bridgehead atoms. The lowest BCUT2D eigenvalue weighted by molar-refractivity contribution is 0.0748. The molecular formula is C27H26N2O. The summed E-state index contributed by atoms with van der Waals surface area (Å²) < 4.78 is 0. The third-order valence-corrected chi connectivity index (χ3v) is 6.17. The second-order valence-corrected chi connectivity index (χ2v) is 8.17. The molecule has 0 fully saturated rings. The molecule has 4 aromatic rings. The lowest BCUT2D eigenvalue weighted by Crippen LogP contribution is -2.30. The van der Waals surface area contributed by atoms with Gasteiger partial charge in [0.2, 0.25) is 0 Å². The maximum Gasteiger partial charge on any atom is 0.255 e. The van der Waals surface area contributed by atoms with Crippen molar-refractivity contribution in [1.82, 2.24) is 9.88 Å². The Morgan fingerprint density at radius 1 is 0.933 bits per heavy atom. The minimum Gasteiger partial charge on any atom is -0.354 e. The number of nitrogens with one attached hydrogen (secondary N) is 1. The Hall–Kier alpha value is -3.33. The van der Waals surface area contributed by atoms with E-state index in [2.05, 4.69) is 78.3 Å². The Morgan fingerprint density at radius 2 is 1.67 bits per heavy atom. The number of rotatable bonds is 5. The molecule has 1 atom stereocenters. The molecule has 1 N–H and O–H groups in total.